The van der Waals surface area contributed by atoms with Crippen molar-refractivity contribution in [2.45, 2.75) is 13.0 Å². The molecule has 0 fully saturated rings. The van der Waals surface area contributed by atoms with E-state index in [1.54, 1.807) is 10.7 Å². The summed E-state index contributed by atoms with van der Waals surface area (Å²) in [7, 11) is 0. The molecule has 1 N–H and O–H groups in total. The predicted octanol–water partition coefficient (Wildman–Crippen LogP) is 2.30. The van der Waals surface area contributed by atoms with Crippen LogP contribution in [0, 0.1) is 0 Å². The van der Waals surface area contributed by atoms with E-state index < -0.39 is 5.97 Å². The highest BCUT2D eigenvalue weighted by Gasteiger charge is 2.26. The van der Waals surface area contributed by atoms with Crippen molar-refractivity contribution in [2.75, 3.05) is 6.61 Å². The fourth-order valence-corrected chi connectivity index (χ4v) is 2.45. The average molecular weight is 279 g/mol. The molecule has 0 radical (unpaired) electrons. The number of para-hydroxylation sites is 1. The van der Waals surface area contributed by atoms with Crippen molar-refractivity contribution in [1.82, 2.24) is 9.78 Å². The molecular formula is C13H11ClN2O3. The number of halogens is 1. The second-order valence-corrected chi connectivity index (χ2v) is 4.65. The number of rotatable bonds is 2. The molecule has 19 heavy (non-hydrogen) atoms. The molecule has 1 aromatic carbocycles. The largest absolute Gasteiger partial charge is 0.476 e. The molecule has 0 unspecified atom stereocenters. The van der Waals surface area contributed by atoms with Gasteiger partial charge in [0.15, 0.2) is 5.69 Å². The fraction of sp³-hybridized carbons (Fsp3) is 0.231. The normalized spacial score (nSPS) is 14.2. The molecule has 3 rings (SSSR count). The number of hydrogen-bond acceptors (Lipinski definition) is 3. The number of aromatic carboxylic acids is 1. The maximum atomic E-state index is 11.2. The SMILES string of the molecule is O=C(O)c1nn(-c2ccccc2Cl)c2c1COCC2. The van der Waals surface area contributed by atoms with Crippen molar-refractivity contribution in [3.05, 3.63) is 46.2 Å². The van der Waals surface area contributed by atoms with Gasteiger partial charge in [0.05, 0.1) is 29.6 Å². The first-order valence-corrected chi connectivity index (χ1v) is 6.23. The maximum absolute atomic E-state index is 11.2. The van der Waals surface area contributed by atoms with E-state index in [1.807, 2.05) is 18.2 Å². The molecule has 1 aliphatic heterocycles. The highest BCUT2D eigenvalue weighted by atomic mass is 35.5. The smallest absolute Gasteiger partial charge is 0.356 e. The van der Waals surface area contributed by atoms with E-state index in [-0.39, 0.29) is 12.3 Å². The molecule has 0 spiro atoms. The number of carboxylic acid groups (broad SMARTS) is 1. The molecule has 0 bridgehead atoms. The van der Waals surface area contributed by atoms with Crippen LogP contribution in [0.25, 0.3) is 5.69 Å². The van der Waals surface area contributed by atoms with Crippen LogP contribution in [0.4, 0.5) is 0 Å². The number of fused-ring (bicyclic) bond motifs is 1. The van der Waals surface area contributed by atoms with E-state index in [0.29, 0.717) is 29.3 Å². The van der Waals surface area contributed by atoms with Crippen molar-refractivity contribution in [3.8, 4) is 5.69 Å². The minimum Gasteiger partial charge on any atom is -0.476 e. The Kier molecular flexibility index (Phi) is 3.00. The number of ether oxygens (including phenoxy) is 1. The second-order valence-electron chi connectivity index (χ2n) is 4.24. The van der Waals surface area contributed by atoms with Crippen LogP contribution < -0.4 is 0 Å². The van der Waals surface area contributed by atoms with Gasteiger partial charge in [0.25, 0.3) is 0 Å². The summed E-state index contributed by atoms with van der Waals surface area (Å²) in [5.41, 5.74) is 2.22. The Morgan fingerprint density at radius 3 is 2.95 bits per heavy atom. The molecule has 0 saturated heterocycles. The third kappa shape index (κ3) is 2.01. The third-order valence-corrected chi connectivity index (χ3v) is 3.42. The van der Waals surface area contributed by atoms with Crippen molar-refractivity contribution >= 4 is 17.6 Å². The monoisotopic (exact) mass is 278 g/mol. The van der Waals surface area contributed by atoms with Gasteiger partial charge in [-0.25, -0.2) is 9.48 Å². The number of nitrogens with zero attached hydrogens (tertiary/aromatic N) is 2. The van der Waals surface area contributed by atoms with Crippen LogP contribution in [-0.4, -0.2) is 27.5 Å². The summed E-state index contributed by atoms with van der Waals surface area (Å²) in [4.78, 5) is 11.2. The van der Waals surface area contributed by atoms with Crippen molar-refractivity contribution < 1.29 is 14.6 Å². The van der Waals surface area contributed by atoms with Gasteiger partial charge in [0.1, 0.15) is 0 Å². The number of carbonyl (C=O) groups is 1. The highest BCUT2D eigenvalue weighted by molar-refractivity contribution is 6.32. The van der Waals surface area contributed by atoms with Crippen LogP contribution in [0.2, 0.25) is 5.02 Å². The van der Waals surface area contributed by atoms with Crippen molar-refractivity contribution in [3.63, 3.8) is 0 Å². The summed E-state index contributed by atoms with van der Waals surface area (Å²) in [6, 6.07) is 7.24. The minimum absolute atomic E-state index is 0.0367. The summed E-state index contributed by atoms with van der Waals surface area (Å²) in [5, 5.41) is 13.9. The van der Waals surface area contributed by atoms with Gasteiger partial charge < -0.3 is 9.84 Å². The first-order chi connectivity index (χ1) is 9.18. The van der Waals surface area contributed by atoms with E-state index in [4.69, 9.17) is 16.3 Å². The van der Waals surface area contributed by atoms with E-state index in [0.717, 1.165) is 5.69 Å². The van der Waals surface area contributed by atoms with Gasteiger partial charge in [-0.3, -0.25) is 0 Å². The molecular weight excluding hydrogens is 268 g/mol. The Balaban J connectivity index is 2.22. The van der Waals surface area contributed by atoms with Crippen LogP contribution in [-0.2, 0) is 17.8 Å². The average Bonchev–Trinajstić information content (AvgIpc) is 2.79. The maximum Gasteiger partial charge on any atom is 0.356 e. The van der Waals surface area contributed by atoms with Gasteiger partial charge in [-0.2, -0.15) is 5.10 Å². The van der Waals surface area contributed by atoms with E-state index >= 15 is 0 Å². The van der Waals surface area contributed by atoms with Crippen LogP contribution in [0.15, 0.2) is 24.3 Å². The Morgan fingerprint density at radius 2 is 2.21 bits per heavy atom. The molecule has 98 valence electrons. The predicted molar refractivity (Wildman–Crippen MR) is 68.9 cm³/mol. The molecule has 1 aromatic heterocycles. The summed E-state index contributed by atoms with van der Waals surface area (Å²) in [6.45, 7) is 0.837. The first kappa shape index (κ1) is 12.2. The van der Waals surface area contributed by atoms with Gasteiger partial charge in [-0.1, -0.05) is 23.7 Å². The molecule has 5 nitrogen and oxygen atoms in total. The van der Waals surface area contributed by atoms with Gasteiger partial charge in [0, 0.05) is 12.0 Å². The van der Waals surface area contributed by atoms with E-state index in [2.05, 4.69) is 5.10 Å². The molecule has 2 aromatic rings. The number of benzene rings is 1. The quantitative estimate of drug-likeness (QED) is 0.915. The molecule has 0 aliphatic carbocycles. The summed E-state index contributed by atoms with van der Waals surface area (Å²) >= 11 is 6.15. The Labute approximate surface area is 114 Å². The Morgan fingerprint density at radius 1 is 1.42 bits per heavy atom. The number of hydrogen-bond donors (Lipinski definition) is 1. The molecule has 1 aliphatic rings. The van der Waals surface area contributed by atoms with Gasteiger partial charge in [-0.05, 0) is 12.1 Å². The van der Waals surface area contributed by atoms with Crippen LogP contribution >= 0.6 is 11.6 Å². The lowest BCUT2D eigenvalue weighted by molar-refractivity contribution is 0.0677. The number of aromatic nitrogens is 2. The molecule has 6 heteroatoms. The topological polar surface area (TPSA) is 64.3 Å². The number of carboxylic acids is 1. The lowest BCUT2D eigenvalue weighted by Crippen LogP contribution is -2.13. The zero-order valence-electron chi connectivity index (χ0n) is 9.97. The Hall–Kier alpha value is -1.85. The molecule has 2 heterocycles. The standard InChI is InChI=1S/C13H11ClN2O3/c14-9-3-1-2-4-11(9)16-10-5-6-19-7-8(10)12(15-16)13(17)18/h1-4H,5-7H2,(H,17,18). The summed E-state index contributed by atoms with van der Waals surface area (Å²) < 4.78 is 6.93. The highest BCUT2D eigenvalue weighted by Crippen LogP contribution is 2.27. The Bertz CT molecular complexity index is 651. The van der Waals surface area contributed by atoms with Crippen LogP contribution in [0.3, 0.4) is 0 Å². The zero-order chi connectivity index (χ0) is 13.4. The van der Waals surface area contributed by atoms with E-state index in [1.165, 1.54) is 0 Å². The molecule has 0 saturated carbocycles. The zero-order valence-corrected chi connectivity index (χ0v) is 10.7. The first-order valence-electron chi connectivity index (χ1n) is 5.85. The lowest BCUT2D eigenvalue weighted by atomic mass is 10.1. The van der Waals surface area contributed by atoms with Crippen molar-refractivity contribution in [2.24, 2.45) is 0 Å². The van der Waals surface area contributed by atoms with Gasteiger partial charge in [0.2, 0.25) is 0 Å². The third-order valence-electron chi connectivity index (χ3n) is 3.10. The summed E-state index contributed by atoms with van der Waals surface area (Å²) in [5.74, 6) is -1.05. The van der Waals surface area contributed by atoms with Gasteiger partial charge >= 0.3 is 5.97 Å². The van der Waals surface area contributed by atoms with Crippen LogP contribution in [0.5, 0.6) is 0 Å². The minimum atomic E-state index is -1.05. The van der Waals surface area contributed by atoms with E-state index in [9.17, 15) is 9.90 Å². The second kappa shape index (κ2) is 4.68. The van der Waals surface area contributed by atoms with Crippen LogP contribution in [0.1, 0.15) is 21.7 Å². The molecule has 0 amide bonds. The summed E-state index contributed by atoms with van der Waals surface area (Å²) in [6.07, 6.45) is 0.626. The van der Waals surface area contributed by atoms with Crippen molar-refractivity contribution in [1.29, 1.82) is 0 Å². The van der Waals surface area contributed by atoms with Gasteiger partial charge in [-0.15, -0.1) is 0 Å². The lowest BCUT2D eigenvalue weighted by Gasteiger charge is -2.15. The fourth-order valence-electron chi connectivity index (χ4n) is 2.23. The molecule has 0 atom stereocenters.